The first-order valence-electron chi connectivity index (χ1n) is 5.94. The van der Waals surface area contributed by atoms with Crippen molar-refractivity contribution in [3.05, 3.63) is 20.8 Å². The second-order valence-corrected chi connectivity index (χ2v) is 7.18. The van der Waals surface area contributed by atoms with E-state index in [1.807, 2.05) is 0 Å². The average molecular weight is 303 g/mol. The van der Waals surface area contributed by atoms with Crippen LogP contribution in [0.15, 0.2) is 15.9 Å². The van der Waals surface area contributed by atoms with Crippen LogP contribution in [0.3, 0.4) is 0 Å². The largest absolute Gasteiger partial charge is 0.328 e. The highest BCUT2D eigenvalue weighted by Gasteiger charge is 2.18. The molecule has 16 heavy (non-hydrogen) atoms. The molecule has 2 nitrogen and oxygen atoms in total. The summed E-state index contributed by atoms with van der Waals surface area (Å²) in [6, 6.07) is 4.73. The highest BCUT2D eigenvalue weighted by molar-refractivity contribution is 9.11. The Bertz CT molecular complexity index is 327. The van der Waals surface area contributed by atoms with Crippen LogP contribution >= 0.6 is 27.3 Å². The van der Waals surface area contributed by atoms with Gasteiger partial charge in [0, 0.05) is 17.5 Å². The Labute approximate surface area is 110 Å². The maximum atomic E-state index is 5.98. The van der Waals surface area contributed by atoms with Gasteiger partial charge in [-0.05, 0) is 59.8 Å². The summed E-state index contributed by atoms with van der Waals surface area (Å²) in [5.74, 6) is 0.784. The fraction of sp³-hybridized carbons (Fsp3) is 0.667. The zero-order valence-corrected chi connectivity index (χ0v) is 11.8. The number of thiophene rings is 1. The van der Waals surface area contributed by atoms with Crippen LogP contribution in [0.4, 0.5) is 0 Å². The number of nitrogens with two attached hydrogens (primary N) is 1. The molecule has 0 radical (unpaired) electrons. The molecular weight excluding hydrogens is 284 g/mol. The van der Waals surface area contributed by atoms with Crippen LogP contribution in [0, 0.1) is 5.92 Å². The van der Waals surface area contributed by atoms with Crippen LogP contribution in [0.2, 0.25) is 0 Å². The van der Waals surface area contributed by atoms with E-state index in [0.717, 1.165) is 19.0 Å². The van der Waals surface area contributed by atoms with Crippen LogP contribution in [0.1, 0.15) is 30.6 Å². The molecule has 0 spiro atoms. The summed E-state index contributed by atoms with van der Waals surface area (Å²) >= 11 is 5.29. The van der Waals surface area contributed by atoms with Gasteiger partial charge in [-0.1, -0.05) is 6.42 Å². The highest BCUT2D eigenvalue weighted by atomic mass is 79.9. The lowest BCUT2D eigenvalue weighted by Crippen LogP contribution is -2.33. The standard InChI is InChI=1S/C12H19BrN2S/c13-12-5-4-11(16-12)8-15-7-9-2-1-3-10(14)6-9/h4-5,9-10,15H,1-3,6-8,14H2. The number of nitrogens with one attached hydrogen (secondary N) is 1. The zero-order chi connectivity index (χ0) is 11.4. The summed E-state index contributed by atoms with van der Waals surface area (Å²) in [4.78, 5) is 1.40. The van der Waals surface area contributed by atoms with E-state index in [2.05, 4.69) is 33.4 Å². The predicted molar refractivity (Wildman–Crippen MR) is 73.7 cm³/mol. The molecule has 0 amide bonds. The van der Waals surface area contributed by atoms with E-state index >= 15 is 0 Å². The first-order chi connectivity index (χ1) is 7.74. The van der Waals surface area contributed by atoms with E-state index < -0.39 is 0 Å². The molecule has 1 aromatic rings. The summed E-state index contributed by atoms with van der Waals surface area (Å²) in [5, 5.41) is 3.54. The minimum absolute atomic E-state index is 0.441. The van der Waals surface area contributed by atoms with Gasteiger partial charge in [0.25, 0.3) is 0 Å². The molecule has 1 aliphatic carbocycles. The highest BCUT2D eigenvalue weighted by Crippen LogP contribution is 2.24. The van der Waals surface area contributed by atoms with Gasteiger partial charge in [0.05, 0.1) is 3.79 Å². The van der Waals surface area contributed by atoms with E-state index in [1.54, 1.807) is 11.3 Å². The van der Waals surface area contributed by atoms with E-state index in [-0.39, 0.29) is 0 Å². The van der Waals surface area contributed by atoms with E-state index in [0.29, 0.717) is 6.04 Å². The lowest BCUT2D eigenvalue weighted by Gasteiger charge is -2.26. The Hall–Kier alpha value is 0.1000. The number of hydrogen-bond donors (Lipinski definition) is 2. The van der Waals surface area contributed by atoms with Gasteiger partial charge in [0.1, 0.15) is 0 Å². The Kier molecular flexibility index (Phi) is 4.82. The Morgan fingerprint density at radius 2 is 2.31 bits per heavy atom. The van der Waals surface area contributed by atoms with Gasteiger partial charge in [0.15, 0.2) is 0 Å². The van der Waals surface area contributed by atoms with Crippen LogP contribution in [0.5, 0.6) is 0 Å². The summed E-state index contributed by atoms with van der Waals surface area (Å²) in [6.07, 6.45) is 5.06. The molecule has 0 aromatic carbocycles. The first kappa shape index (κ1) is 12.6. The maximum absolute atomic E-state index is 5.98. The predicted octanol–water partition coefficient (Wildman–Crippen LogP) is 3.12. The van der Waals surface area contributed by atoms with Gasteiger partial charge >= 0.3 is 0 Å². The SMILES string of the molecule is NC1CCCC(CNCc2ccc(Br)s2)C1. The molecule has 1 aliphatic rings. The van der Waals surface area contributed by atoms with E-state index in [9.17, 15) is 0 Å². The average Bonchev–Trinajstić information content (AvgIpc) is 2.64. The van der Waals surface area contributed by atoms with E-state index in [4.69, 9.17) is 5.73 Å². The molecule has 4 heteroatoms. The van der Waals surface area contributed by atoms with Crippen LogP contribution in [0.25, 0.3) is 0 Å². The minimum Gasteiger partial charge on any atom is -0.328 e. The van der Waals surface area contributed by atoms with Crippen molar-refractivity contribution in [3.8, 4) is 0 Å². The van der Waals surface area contributed by atoms with Gasteiger partial charge < -0.3 is 11.1 Å². The molecular formula is C12H19BrN2S. The zero-order valence-electron chi connectivity index (χ0n) is 9.42. The Balaban J connectivity index is 1.67. The summed E-state index contributed by atoms with van der Waals surface area (Å²) in [6.45, 7) is 2.10. The van der Waals surface area contributed by atoms with Crippen molar-refractivity contribution in [1.29, 1.82) is 0 Å². The molecule has 2 rings (SSSR count). The van der Waals surface area contributed by atoms with Crippen molar-refractivity contribution in [1.82, 2.24) is 5.32 Å². The fourth-order valence-corrected chi connectivity index (χ4v) is 3.82. The van der Waals surface area contributed by atoms with Crippen molar-refractivity contribution in [3.63, 3.8) is 0 Å². The molecule has 0 saturated heterocycles. The minimum atomic E-state index is 0.441. The third-order valence-corrected chi connectivity index (χ3v) is 4.81. The topological polar surface area (TPSA) is 38.0 Å². The van der Waals surface area contributed by atoms with Crippen molar-refractivity contribution in [2.75, 3.05) is 6.54 Å². The first-order valence-corrected chi connectivity index (χ1v) is 7.55. The van der Waals surface area contributed by atoms with Gasteiger partial charge in [-0.2, -0.15) is 0 Å². The fourth-order valence-electron chi connectivity index (χ4n) is 2.36. The van der Waals surface area contributed by atoms with Crippen molar-refractivity contribution >= 4 is 27.3 Å². The smallest absolute Gasteiger partial charge is 0.0701 e. The van der Waals surface area contributed by atoms with Gasteiger partial charge in [0.2, 0.25) is 0 Å². The van der Waals surface area contributed by atoms with Gasteiger partial charge in [-0.3, -0.25) is 0 Å². The van der Waals surface area contributed by atoms with Crippen molar-refractivity contribution < 1.29 is 0 Å². The number of halogens is 1. The third-order valence-electron chi connectivity index (χ3n) is 3.18. The molecule has 1 heterocycles. The molecule has 1 saturated carbocycles. The quantitative estimate of drug-likeness (QED) is 0.897. The lowest BCUT2D eigenvalue weighted by molar-refractivity contribution is 0.310. The number of hydrogen-bond acceptors (Lipinski definition) is 3. The lowest BCUT2D eigenvalue weighted by atomic mass is 9.86. The molecule has 2 atom stereocenters. The van der Waals surface area contributed by atoms with Crippen LogP contribution in [-0.4, -0.2) is 12.6 Å². The molecule has 90 valence electrons. The monoisotopic (exact) mass is 302 g/mol. The van der Waals surface area contributed by atoms with Crippen molar-refractivity contribution in [2.24, 2.45) is 11.7 Å². The molecule has 0 bridgehead atoms. The molecule has 0 aliphatic heterocycles. The second-order valence-electron chi connectivity index (χ2n) is 4.63. The molecule has 1 fully saturated rings. The molecule has 2 unspecified atom stereocenters. The maximum Gasteiger partial charge on any atom is 0.0701 e. The summed E-state index contributed by atoms with van der Waals surface area (Å²) < 4.78 is 1.21. The summed E-state index contributed by atoms with van der Waals surface area (Å²) in [7, 11) is 0. The second kappa shape index (κ2) is 6.15. The summed E-state index contributed by atoms with van der Waals surface area (Å²) in [5.41, 5.74) is 5.98. The van der Waals surface area contributed by atoms with E-state index in [1.165, 1.54) is 34.3 Å². The normalized spacial score (nSPS) is 25.9. The van der Waals surface area contributed by atoms with Crippen molar-refractivity contribution in [2.45, 2.75) is 38.3 Å². The third kappa shape index (κ3) is 3.84. The molecule has 3 N–H and O–H groups in total. The van der Waals surface area contributed by atoms with Gasteiger partial charge in [-0.15, -0.1) is 11.3 Å². The van der Waals surface area contributed by atoms with Gasteiger partial charge in [-0.25, -0.2) is 0 Å². The Morgan fingerprint density at radius 1 is 1.44 bits per heavy atom. The van der Waals surface area contributed by atoms with Crippen LogP contribution < -0.4 is 11.1 Å². The van der Waals surface area contributed by atoms with Crippen LogP contribution in [-0.2, 0) is 6.54 Å². The molecule has 1 aromatic heterocycles. The Morgan fingerprint density at radius 3 is 3.00 bits per heavy atom. The number of rotatable bonds is 4.